The molecule has 29 heavy (non-hydrogen) atoms. The summed E-state index contributed by atoms with van der Waals surface area (Å²) < 4.78 is 35.1. The quantitative estimate of drug-likeness (QED) is 0.409. The van der Waals surface area contributed by atoms with Gasteiger partial charge in [-0.1, -0.05) is 30.8 Å². The van der Waals surface area contributed by atoms with E-state index in [9.17, 15) is 13.2 Å². The van der Waals surface area contributed by atoms with E-state index in [4.69, 9.17) is 8.92 Å². The second-order valence-electron chi connectivity index (χ2n) is 5.94. The Labute approximate surface area is 173 Å². The molecule has 2 aromatic carbocycles. The summed E-state index contributed by atoms with van der Waals surface area (Å²) in [7, 11) is -2.48. The van der Waals surface area contributed by atoms with Gasteiger partial charge in [0, 0.05) is 0 Å². The molecule has 1 saturated heterocycles. The van der Waals surface area contributed by atoms with Crippen molar-refractivity contribution in [2.75, 3.05) is 7.11 Å². The summed E-state index contributed by atoms with van der Waals surface area (Å²) in [4.78, 5) is 11.7. The molecule has 0 saturated carbocycles. The summed E-state index contributed by atoms with van der Waals surface area (Å²) >= 11 is 1.33. The van der Waals surface area contributed by atoms with E-state index in [-0.39, 0.29) is 21.8 Å². The molecule has 1 aliphatic rings. The molecule has 1 atom stereocenters. The number of carbonyl (C=O) groups excluding carboxylic acids is 1. The predicted octanol–water partition coefficient (Wildman–Crippen LogP) is 2.79. The average Bonchev–Trinajstić information content (AvgIpc) is 3.07. The molecule has 1 heterocycles. The summed E-state index contributed by atoms with van der Waals surface area (Å²) in [6.45, 7) is 1.93. The van der Waals surface area contributed by atoms with Crippen LogP contribution in [0.25, 0.3) is 0 Å². The van der Waals surface area contributed by atoms with Crippen LogP contribution in [0.5, 0.6) is 11.5 Å². The molecule has 0 unspecified atom stereocenters. The second kappa shape index (κ2) is 9.10. The molecule has 2 aromatic rings. The topological polar surface area (TPSA) is 106 Å². The first-order valence-electron chi connectivity index (χ1n) is 8.68. The van der Waals surface area contributed by atoms with Gasteiger partial charge in [0.05, 0.1) is 18.6 Å². The highest BCUT2D eigenvalue weighted by molar-refractivity contribution is 8.15. The van der Waals surface area contributed by atoms with Crippen LogP contribution in [-0.4, -0.2) is 38.1 Å². The SMILES string of the molecule is CC[C@@H]1S/C(=N\N=C/c2cccc(OS(=O)(=O)c3ccc(OC)cc3)c2)NC1=O. The Hall–Kier alpha value is -2.85. The lowest BCUT2D eigenvalue weighted by atomic mass is 10.2. The first-order valence-corrected chi connectivity index (χ1v) is 11.0. The molecule has 1 amide bonds. The van der Waals surface area contributed by atoms with Crippen molar-refractivity contribution >= 4 is 39.2 Å². The number of amides is 1. The zero-order valence-corrected chi connectivity index (χ0v) is 17.4. The number of ether oxygens (including phenoxy) is 1. The molecule has 1 aliphatic heterocycles. The number of hydrogen-bond acceptors (Lipinski definition) is 8. The van der Waals surface area contributed by atoms with Gasteiger partial charge in [-0.05, 0) is 48.4 Å². The van der Waals surface area contributed by atoms with Gasteiger partial charge in [-0.2, -0.15) is 13.5 Å². The molecule has 0 spiro atoms. The van der Waals surface area contributed by atoms with E-state index >= 15 is 0 Å². The Kier molecular flexibility index (Phi) is 6.55. The van der Waals surface area contributed by atoms with E-state index in [2.05, 4.69) is 15.5 Å². The van der Waals surface area contributed by atoms with Crippen LogP contribution in [0.4, 0.5) is 0 Å². The van der Waals surface area contributed by atoms with Crippen molar-refractivity contribution in [2.24, 2.45) is 10.2 Å². The van der Waals surface area contributed by atoms with Crippen molar-refractivity contribution in [2.45, 2.75) is 23.5 Å². The van der Waals surface area contributed by atoms with Crippen LogP contribution in [0, 0.1) is 0 Å². The molecule has 0 aliphatic carbocycles. The number of benzene rings is 2. The fourth-order valence-electron chi connectivity index (χ4n) is 2.43. The summed E-state index contributed by atoms with van der Waals surface area (Å²) in [6.07, 6.45) is 2.16. The molecule has 0 aromatic heterocycles. The highest BCUT2D eigenvalue weighted by Gasteiger charge is 2.28. The van der Waals surface area contributed by atoms with Crippen molar-refractivity contribution in [1.29, 1.82) is 0 Å². The molecule has 8 nitrogen and oxygen atoms in total. The molecule has 152 valence electrons. The largest absolute Gasteiger partial charge is 0.497 e. The smallest absolute Gasteiger partial charge is 0.339 e. The number of nitrogens with zero attached hydrogens (tertiary/aromatic N) is 2. The lowest BCUT2D eigenvalue weighted by Crippen LogP contribution is -2.24. The molecular formula is C19H19N3O5S2. The number of methoxy groups -OCH3 is 1. The molecule has 0 bridgehead atoms. The van der Waals surface area contributed by atoms with Gasteiger partial charge >= 0.3 is 10.1 Å². The van der Waals surface area contributed by atoms with Gasteiger partial charge in [0.2, 0.25) is 5.91 Å². The van der Waals surface area contributed by atoms with Crippen LogP contribution in [0.15, 0.2) is 63.6 Å². The normalized spacial score (nSPS) is 18.2. The van der Waals surface area contributed by atoms with Crippen molar-refractivity contribution in [3.63, 3.8) is 0 Å². The Bertz CT molecular complexity index is 1050. The minimum atomic E-state index is -3.98. The highest BCUT2D eigenvalue weighted by Crippen LogP contribution is 2.23. The van der Waals surface area contributed by atoms with E-state index in [1.54, 1.807) is 24.3 Å². The summed E-state index contributed by atoms with van der Waals surface area (Å²) in [5.41, 5.74) is 0.596. The van der Waals surface area contributed by atoms with Crippen molar-refractivity contribution in [3.8, 4) is 11.5 Å². The minimum Gasteiger partial charge on any atom is -0.497 e. The van der Waals surface area contributed by atoms with Crippen LogP contribution in [0.1, 0.15) is 18.9 Å². The fraction of sp³-hybridized carbons (Fsp3) is 0.211. The van der Waals surface area contributed by atoms with Gasteiger partial charge in [0.25, 0.3) is 0 Å². The standard InChI is InChI=1S/C19H19N3O5S2/c1-3-17-18(23)21-19(28-17)22-20-12-13-5-4-6-15(11-13)27-29(24,25)16-9-7-14(26-2)8-10-16/h4-12,17H,3H2,1-2H3,(H,21,22,23)/b20-12-/t17-/m0/s1. The number of nitrogens with one attached hydrogen (secondary N) is 1. The lowest BCUT2D eigenvalue weighted by molar-refractivity contribution is -0.118. The Balaban J connectivity index is 1.70. The minimum absolute atomic E-state index is 0.0169. The van der Waals surface area contributed by atoms with Crippen LogP contribution >= 0.6 is 11.8 Å². The van der Waals surface area contributed by atoms with Gasteiger partial charge in [-0.25, -0.2) is 0 Å². The van der Waals surface area contributed by atoms with Gasteiger partial charge < -0.3 is 14.2 Å². The van der Waals surface area contributed by atoms with Gasteiger partial charge in [-0.3, -0.25) is 4.79 Å². The second-order valence-corrected chi connectivity index (χ2v) is 8.68. The van der Waals surface area contributed by atoms with Crippen LogP contribution in [0.2, 0.25) is 0 Å². The third kappa shape index (κ3) is 5.36. The lowest BCUT2D eigenvalue weighted by Gasteiger charge is -2.08. The average molecular weight is 434 g/mol. The Morgan fingerprint density at radius 2 is 1.93 bits per heavy atom. The maximum atomic E-state index is 12.4. The van der Waals surface area contributed by atoms with E-state index in [1.807, 2.05) is 6.92 Å². The van der Waals surface area contributed by atoms with E-state index in [1.165, 1.54) is 49.4 Å². The molecular weight excluding hydrogens is 414 g/mol. The van der Waals surface area contributed by atoms with Gasteiger partial charge in [0.1, 0.15) is 16.4 Å². The number of rotatable bonds is 7. The summed E-state index contributed by atoms with van der Waals surface area (Å²) in [6, 6.07) is 12.3. The maximum Gasteiger partial charge on any atom is 0.339 e. The molecule has 0 radical (unpaired) electrons. The summed E-state index contributed by atoms with van der Waals surface area (Å²) in [5, 5.41) is 10.9. The Morgan fingerprint density at radius 3 is 2.59 bits per heavy atom. The molecule has 10 heteroatoms. The van der Waals surface area contributed by atoms with E-state index in [0.29, 0.717) is 22.9 Å². The molecule has 3 rings (SSSR count). The van der Waals surface area contributed by atoms with Gasteiger partial charge in [0.15, 0.2) is 5.17 Å². The first kappa shape index (κ1) is 20.9. The number of carbonyl (C=O) groups is 1. The third-order valence-corrected chi connectivity index (χ3v) is 6.42. The van der Waals surface area contributed by atoms with Crippen molar-refractivity contribution in [3.05, 3.63) is 54.1 Å². The molecule has 1 fully saturated rings. The number of hydrogen-bond donors (Lipinski definition) is 1. The van der Waals surface area contributed by atoms with Crippen LogP contribution < -0.4 is 14.2 Å². The third-order valence-electron chi connectivity index (χ3n) is 3.91. The van der Waals surface area contributed by atoms with E-state index < -0.39 is 10.1 Å². The zero-order valence-electron chi connectivity index (χ0n) is 15.7. The van der Waals surface area contributed by atoms with Crippen LogP contribution in [0.3, 0.4) is 0 Å². The highest BCUT2D eigenvalue weighted by atomic mass is 32.2. The van der Waals surface area contributed by atoms with Crippen molar-refractivity contribution < 1.29 is 22.1 Å². The van der Waals surface area contributed by atoms with E-state index in [0.717, 1.165) is 0 Å². The monoisotopic (exact) mass is 433 g/mol. The molecule has 1 N–H and O–H groups in total. The summed E-state index contributed by atoms with van der Waals surface area (Å²) in [5.74, 6) is 0.614. The maximum absolute atomic E-state index is 12.4. The Morgan fingerprint density at radius 1 is 1.17 bits per heavy atom. The first-order chi connectivity index (χ1) is 13.9. The number of thioether (sulfide) groups is 1. The predicted molar refractivity (Wildman–Crippen MR) is 112 cm³/mol. The van der Waals surface area contributed by atoms with Gasteiger partial charge in [-0.15, -0.1) is 5.10 Å². The van der Waals surface area contributed by atoms with Crippen molar-refractivity contribution in [1.82, 2.24) is 5.32 Å². The fourth-order valence-corrected chi connectivity index (χ4v) is 4.21. The number of amidine groups is 1. The zero-order chi connectivity index (χ0) is 20.9. The van der Waals surface area contributed by atoms with Crippen LogP contribution in [-0.2, 0) is 14.9 Å².